The lowest BCUT2D eigenvalue weighted by molar-refractivity contribution is 0.0952. The SMILES string of the molecule is CC(C)CCNC(=O)c1ccc2c(=O)n3c(nc2c1)CCN(C)CC3. The van der Waals surface area contributed by atoms with E-state index < -0.39 is 0 Å². The molecule has 0 fully saturated rings. The van der Waals surface area contributed by atoms with Gasteiger partial charge in [0.1, 0.15) is 5.82 Å². The van der Waals surface area contributed by atoms with Crippen molar-refractivity contribution >= 4 is 16.8 Å². The molecular weight excluding hydrogens is 316 g/mol. The Labute approximate surface area is 147 Å². The van der Waals surface area contributed by atoms with E-state index in [2.05, 4.69) is 36.1 Å². The highest BCUT2D eigenvalue weighted by molar-refractivity contribution is 5.97. The molecule has 0 atom stereocenters. The lowest BCUT2D eigenvalue weighted by atomic mass is 10.1. The maximum Gasteiger partial charge on any atom is 0.261 e. The summed E-state index contributed by atoms with van der Waals surface area (Å²) in [7, 11) is 2.05. The van der Waals surface area contributed by atoms with Crippen LogP contribution in [0.5, 0.6) is 0 Å². The molecule has 0 spiro atoms. The zero-order valence-corrected chi connectivity index (χ0v) is 15.2. The van der Waals surface area contributed by atoms with Crippen molar-refractivity contribution in [2.45, 2.75) is 33.2 Å². The number of aromatic nitrogens is 2. The van der Waals surface area contributed by atoms with Crippen molar-refractivity contribution in [2.75, 3.05) is 26.7 Å². The molecule has 25 heavy (non-hydrogen) atoms. The minimum atomic E-state index is -0.112. The predicted molar refractivity (Wildman–Crippen MR) is 99.0 cm³/mol. The molecule has 0 saturated carbocycles. The van der Waals surface area contributed by atoms with Crippen LogP contribution in [0.25, 0.3) is 10.9 Å². The van der Waals surface area contributed by atoms with Crippen LogP contribution >= 0.6 is 0 Å². The van der Waals surface area contributed by atoms with Gasteiger partial charge in [0.05, 0.1) is 10.9 Å². The lowest BCUT2D eigenvalue weighted by Gasteiger charge is -2.11. The zero-order valence-electron chi connectivity index (χ0n) is 15.2. The molecule has 1 aliphatic rings. The van der Waals surface area contributed by atoms with Gasteiger partial charge in [0.15, 0.2) is 0 Å². The summed E-state index contributed by atoms with van der Waals surface area (Å²) in [5.41, 5.74) is 1.15. The summed E-state index contributed by atoms with van der Waals surface area (Å²) in [5, 5.41) is 3.51. The van der Waals surface area contributed by atoms with Gasteiger partial charge in [0.25, 0.3) is 11.5 Å². The number of fused-ring (bicyclic) bond motifs is 2. The van der Waals surface area contributed by atoms with Gasteiger partial charge in [-0.05, 0) is 37.6 Å². The van der Waals surface area contributed by atoms with Gasteiger partial charge in [0, 0.05) is 38.2 Å². The summed E-state index contributed by atoms with van der Waals surface area (Å²) < 4.78 is 1.77. The van der Waals surface area contributed by atoms with Crippen LogP contribution in [0.1, 0.15) is 36.5 Å². The van der Waals surface area contributed by atoms with Crippen molar-refractivity contribution in [3.8, 4) is 0 Å². The van der Waals surface area contributed by atoms with Crippen molar-refractivity contribution in [1.82, 2.24) is 19.8 Å². The number of nitrogens with one attached hydrogen (secondary N) is 1. The predicted octanol–water partition coefficient (Wildman–Crippen LogP) is 1.66. The van der Waals surface area contributed by atoms with Crippen molar-refractivity contribution in [2.24, 2.45) is 5.92 Å². The molecular formula is C19H26N4O2. The second-order valence-electron chi connectivity index (χ2n) is 7.21. The zero-order chi connectivity index (χ0) is 18.0. The van der Waals surface area contributed by atoms with E-state index in [0.29, 0.717) is 35.5 Å². The Hall–Kier alpha value is -2.21. The van der Waals surface area contributed by atoms with Crippen LogP contribution in [0.4, 0.5) is 0 Å². The molecule has 2 aromatic rings. The van der Waals surface area contributed by atoms with Crippen LogP contribution < -0.4 is 10.9 Å². The first kappa shape index (κ1) is 17.6. The Bertz CT molecular complexity index is 841. The van der Waals surface area contributed by atoms with Gasteiger partial charge < -0.3 is 10.2 Å². The normalized spacial score (nSPS) is 15.2. The molecule has 0 unspecified atom stereocenters. The molecule has 3 rings (SSSR count). The number of hydrogen-bond acceptors (Lipinski definition) is 4. The van der Waals surface area contributed by atoms with Crippen LogP contribution in [-0.4, -0.2) is 47.0 Å². The largest absolute Gasteiger partial charge is 0.352 e. The highest BCUT2D eigenvalue weighted by Crippen LogP contribution is 2.14. The maximum atomic E-state index is 12.8. The number of amides is 1. The third kappa shape index (κ3) is 3.90. The maximum absolute atomic E-state index is 12.8. The number of carbonyl (C=O) groups is 1. The molecule has 0 saturated heterocycles. The molecule has 0 bridgehead atoms. The van der Waals surface area contributed by atoms with E-state index in [1.165, 1.54) is 0 Å². The first-order valence-electron chi connectivity index (χ1n) is 8.96. The van der Waals surface area contributed by atoms with Gasteiger partial charge >= 0.3 is 0 Å². The van der Waals surface area contributed by atoms with Gasteiger partial charge in [-0.25, -0.2) is 4.98 Å². The quantitative estimate of drug-likeness (QED) is 0.918. The molecule has 134 valence electrons. The summed E-state index contributed by atoms with van der Waals surface area (Å²) in [6.45, 7) is 7.29. The molecule has 1 amide bonds. The number of hydrogen-bond donors (Lipinski definition) is 1. The molecule has 1 aliphatic heterocycles. The summed E-state index contributed by atoms with van der Waals surface area (Å²) in [6, 6.07) is 5.17. The lowest BCUT2D eigenvalue weighted by Crippen LogP contribution is -2.28. The molecule has 6 nitrogen and oxygen atoms in total. The number of likely N-dealkylation sites (N-methyl/N-ethyl adjacent to an activating group) is 1. The van der Waals surface area contributed by atoms with E-state index in [1.54, 1.807) is 22.8 Å². The van der Waals surface area contributed by atoms with Gasteiger partial charge in [-0.3, -0.25) is 14.2 Å². The first-order chi connectivity index (χ1) is 12.0. The van der Waals surface area contributed by atoms with Gasteiger partial charge in [-0.2, -0.15) is 0 Å². The standard InChI is InChI=1S/C19H26N4O2/c1-13(2)6-8-20-18(24)14-4-5-15-16(12-14)21-17-7-9-22(3)10-11-23(17)19(15)25/h4-5,12-13H,6-11H2,1-3H3,(H,20,24). The third-order valence-electron chi connectivity index (χ3n) is 4.73. The minimum Gasteiger partial charge on any atom is -0.352 e. The van der Waals surface area contributed by atoms with E-state index in [0.717, 1.165) is 31.8 Å². The topological polar surface area (TPSA) is 67.2 Å². The van der Waals surface area contributed by atoms with E-state index in [-0.39, 0.29) is 11.5 Å². The Morgan fingerprint density at radius 2 is 2.08 bits per heavy atom. The Morgan fingerprint density at radius 3 is 2.84 bits per heavy atom. The molecule has 6 heteroatoms. The van der Waals surface area contributed by atoms with E-state index in [4.69, 9.17) is 0 Å². The number of nitrogens with zero attached hydrogens (tertiary/aromatic N) is 3. The van der Waals surface area contributed by atoms with Gasteiger partial charge in [0.2, 0.25) is 0 Å². The number of benzene rings is 1. The molecule has 0 radical (unpaired) electrons. The average molecular weight is 342 g/mol. The molecule has 2 heterocycles. The van der Waals surface area contributed by atoms with Gasteiger partial charge in [-0.1, -0.05) is 13.8 Å². The first-order valence-corrected chi connectivity index (χ1v) is 8.96. The molecule has 1 aromatic carbocycles. The van der Waals surface area contributed by atoms with E-state index in [9.17, 15) is 9.59 Å². The summed E-state index contributed by atoms with van der Waals surface area (Å²) in [4.78, 5) is 32.0. The van der Waals surface area contributed by atoms with Crippen LogP contribution in [0.3, 0.4) is 0 Å². The third-order valence-corrected chi connectivity index (χ3v) is 4.73. The van der Waals surface area contributed by atoms with Crippen molar-refractivity contribution in [1.29, 1.82) is 0 Å². The highest BCUT2D eigenvalue weighted by atomic mass is 16.1. The van der Waals surface area contributed by atoms with Crippen molar-refractivity contribution in [3.05, 3.63) is 39.9 Å². The second-order valence-corrected chi connectivity index (χ2v) is 7.21. The molecule has 1 N–H and O–H groups in total. The fraction of sp³-hybridized carbons (Fsp3) is 0.526. The Morgan fingerprint density at radius 1 is 1.28 bits per heavy atom. The van der Waals surface area contributed by atoms with Crippen LogP contribution in [0.15, 0.2) is 23.0 Å². The molecule has 0 aliphatic carbocycles. The Balaban J connectivity index is 1.90. The monoisotopic (exact) mass is 342 g/mol. The van der Waals surface area contributed by atoms with E-state index in [1.807, 2.05) is 0 Å². The van der Waals surface area contributed by atoms with Gasteiger partial charge in [-0.15, -0.1) is 0 Å². The highest BCUT2D eigenvalue weighted by Gasteiger charge is 2.16. The van der Waals surface area contributed by atoms with Crippen LogP contribution in [0, 0.1) is 5.92 Å². The summed E-state index contributed by atoms with van der Waals surface area (Å²) in [6.07, 6.45) is 1.69. The smallest absolute Gasteiger partial charge is 0.261 e. The van der Waals surface area contributed by atoms with Crippen molar-refractivity contribution < 1.29 is 4.79 Å². The van der Waals surface area contributed by atoms with Crippen molar-refractivity contribution in [3.63, 3.8) is 0 Å². The molecule has 1 aromatic heterocycles. The fourth-order valence-electron chi connectivity index (χ4n) is 3.08. The summed E-state index contributed by atoms with van der Waals surface area (Å²) >= 11 is 0. The Kier molecular flexibility index (Phi) is 5.18. The fourth-order valence-corrected chi connectivity index (χ4v) is 3.08. The van der Waals surface area contributed by atoms with Crippen LogP contribution in [0.2, 0.25) is 0 Å². The minimum absolute atomic E-state index is 0.0120. The number of rotatable bonds is 4. The number of carbonyl (C=O) groups excluding carboxylic acids is 1. The summed E-state index contributed by atoms with van der Waals surface area (Å²) in [5.74, 6) is 1.24. The van der Waals surface area contributed by atoms with Crippen LogP contribution in [-0.2, 0) is 13.0 Å². The average Bonchev–Trinajstić information content (AvgIpc) is 2.76. The van der Waals surface area contributed by atoms with E-state index >= 15 is 0 Å². The second kappa shape index (κ2) is 7.35.